The van der Waals surface area contributed by atoms with Crippen molar-refractivity contribution in [1.82, 2.24) is 19.8 Å². The van der Waals surface area contributed by atoms with Gasteiger partial charge in [0.05, 0.1) is 6.42 Å². The maximum Gasteiger partial charge on any atom is 0.227 e. The summed E-state index contributed by atoms with van der Waals surface area (Å²) in [5.74, 6) is 0.874. The minimum atomic E-state index is -0.279. The standard InChI is InChI=1S/C20H23FN4O/c1-24-8-7-18-16(12-24)11-22-20(23-18)15-6-9-25(13-15)19(26)10-14-2-4-17(21)5-3-14/h2-5,11,15H,6-10,12-13H2,1H3/t15-/m1/s1. The highest BCUT2D eigenvalue weighted by Crippen LogP contribution is 2.26. The first kappa shape index (κ1) is 17.1. The summed E-state index contributed by atoms with van der Waals surface area (Å²) in [4.78, 5) is 26.1. The molecule has 4 rings (SSSR count). The van der Waals surface area contributed by atoms with Crippen molar-refractivity contribution >= 4 is 5.91 Å². The molecule has 6 heteroatoms. The molecule has 3 heterocycles. The lowest BCUT2D eigenvalue weighted by Crippen LogP contribution is -2.30. The number of rotatable bonds is 3. The number of halogens is 1. The molecule has 5 nitrogen and oxygen atoms in total. The lowest BCUT2D eigenvalue weighted by molar-refractivity contribution is -0.129. The molecule has 2 aliphatic rings. The van der Waals surface area contributed by atoms with E-state index in [2.05, 4.69) is 16.9 Å². The Balaban J connectivity index is 1.40. The molecule has 0 unspecified atom stereocenters. The predicted molar refractivity (Wildman–Crippen MR) is 96.1 cm³/mol. The zero-order valence-corrected chi connectivity index (χ0v) is 15.0. The molecule has 2 aromatic rings. The second-order valence-electron chi connectivity index (χ2n) is 7.32. The van der Waals surface area contributed by atoms with Gasteiger partial charge < -0.3 is 9.80 Å². The fourth-order valence-electron chi connectivity index (χ4n) is 3.76. The van der Waals surface area contributed by atoms with Crippen LogP contribution in [0.2, 0.25) is 0 Å². The van der Waals surface area contributed by atoms with Crippen molar-refractivity contribution in [3.8, 4) is 0 Å². The van der Waals surface area contributed by atoms with Gasteiger partial charge in [-0.1, -0.05) is 12.1 Å². The van der Waals surface area contributed by atoms with Gasteiger partial charge in [-0.25, -0.2) is 14.4 Å². The van der Waals surface area contributed by atoms with Crippen molar-refractivity contribution in [3.05, 3.63) is 58.9 Å². The van der Waals surface area contributed by atoms with E-state index in [1.165, 1.54) is 17.7 Å². The van der Waals surface area contributed by atoms with Gasteiger partial charge in [0.25, 0.3) is 0 Å². The number of hydrogen-bond donors (Lipinski definition) is 0. The molecule has 1 atom stereocenters. The van der Waals surface area contributed by atoms with E-state index < -0.39 is 0 Å². The number of likely N-dealkylation sites (N-methyl/N-ethyl adjacent to an activating group) is 1. The zero-order chi connectivity index (χ0) is 18.1. The Morgan fingerprint density at radius 3 is 2.88 bits per heavy atom. The quantitative estimate of drug-likeness (QED) is 0.848. The Morgan fingerprint density at radius 2 is 2.08 bits per heavy atom. The molecule has 0 N–H and O–H groups in total. The number of benzene rings is 1. The van der Waals surface area contributed by atoms with Gasteiger partial charge in [-0.15, -0.1) is 0 Å². The number of likely N-dealkylation sites (tertiary alicyclic amines) is 1. The molecule has 1 aromatic carbocycles. The van der Waals surface area contributed by atoms with Gasteiger partial charge in [0.15, 0.2) is 0 Å². The molecule has 0 spiro atoms. The van der Waals surface area contributed by atoms with Crippen molar-refractivity contribution in [3.63, 3.8) is 0 Å². The second-order valence-corrected chi connectivity index (χ2v) is 7.32. The van der Waals surface area contributed by atoms with E-state index >= 15 is 0 Å². The highest BCUT2D eigenvalue weighted by atomic mass is 19.1. The third kappa shape index (κ3) is 3.60. The number of amides is 1. The van der Waals surface area contributed by atoms with Crippen LogP contribution >= 0.6 is 0 Å². The molecule has 2 aliphatic heterocycles. The zero-order valence-electron chi connectivity index (χ0n) is 15.0. The maximum atomic E-state index is 13.0. The molecule has 1 aromatic heterocycles. The fraction of sp³-hybridized carbons (Fsp3) is 0.450. The molecule has 0 radical (unpaired) electrons. The monoisotopic (exact) mass is 354 g/mol. The maximum absolute atomic E-state index is 13.0. The Kier molecular flexibility index (Phi) is 4.68. The summed E-state index contributed by atoms with van der Waals surface area (Å²) in [6.45, 7) is 3.32. The lowest BCUT2D eigenvalue weighted by Gasteiger charge is -2.24. The molecule has 26 heavy (non-hydrogen) atoms. The summed E-state index contributed by atoms with van der Waals surface area (Å²) in [5, 5.41) is 0. The van der Waals surface area contributed by atoms with E-state index in [-0.39, 0.29) is 17.6 Å². The van der Waals surface area contributed by atoms with Crippen LogP contribution in [0.4, 0.5) is 4.39 Å². The average molecular weight is 354 g/mol. The second kappa shape index (κ2) is 7.11. The van der Waals surface area contributed by atoms with Crippen LogP contribution in [0, 0.1) is 5.82 Å². The minimum Gasteiger partial charge on any atom is -0.342 e. The molecule has 0 bridgehead atoms. The first-order valence-corrected chi connectivity index (χ1v) is 9.14. The summed E-state index contributed by atoms with van der Waals surface area (Å²) < 4.78 is 13.0. The van der Waals surface area contributed by atoms with E-state index in [1.54, 1.807) is 12.1 Å². The van der Waals surface area contributed by atoms with Crippen molar-refractivity contribution in [1.29, 1.82) is 0 Å². The van der Waals surface area contributed by atoms with Gasteiger partial charge in [-0.05, 0) is 31.2 Å². The third-order valence-electron chi connectivity index (χ3n) is 5.32. The van der Waals surface area contributed by atoms with E-state index in [4.69, 9.17) is 4.98 Å². The molecule has 0 aliphatic carbocycles. The lowest BCUT2D eigenvalue weighted by atomic mass is 10.1. The molecular formula is C20H23FN4O. The minimum absolute atomic E-state index is 0.0821. The van der Waals surface area contributed by atoms with Crippen LogP contribution in [0.3, 0.4) is 0 Å². The fourth-order valence-corrected chi connectivity index (χ4v) is 3.76. The molecule has 1 saturated heterocycles. The summed E-state index contributed by atoms with van der Waals surface area (Å²) in [6.07, 6.45) is 4.12. The van der Waals surface area contributed by atoms with Gasteiger partial charge in [0.1, 0.15) is 11.6 Å². The van der Waals surface area contributed by atoms with Gasteiger partial charge in [0.2, 0.25) is 5.91 Å². The largest absolute Gasteiger partial charge is 0.342 e. The SMILES string of the molecule is CN1CCc2nc([C@@H]3CCN(C(=O)Cc4ccc(F)cc4)C3)ncc2C1. The predicted octanol–water partition coefficient (Wildman–Crippen LogP) is 2.16. The number of nitrogens with zero attached hydrogens (tertiary/aromatic N) is 4. The van der Waals surface area contributed by atoms with Crippen LogP contribution in [0.1, 0.15) is 35.0 Å². The van der Waals surface area contributed by atoms with Gasteiger partial charge in [0, 0.05) is 56.0 Å². The van der Waals surface area contributed by atoms with Crippen molar-refractivity contribution < 1.29 is 9.18 Å². The number of carbonyl (C=O) groups excluding carboxylic acids is 1. The number of aromatic nitrogens is 2. The average Bonchev–Trinajstić information content (AvgIpc) is 3.13. The Bertz CT molecular complexity index is 808. The Morgan fingerprint density at radius 1 is 1.27 bits per heavy atom. The summed E-state index contributed by atoms with van der Waals surface area (Å²) >= 11 is 0. The summed E-state index contributed by atoms with van der Waals surface area (Å²) in [5.41, 5.74) is 3.21. The first-order valence-electron chi connectivity index (χ1n) is 9.14. The molecule has 1 amide bonds. The molecule has 136 valence electrons. The summed E-state index contributed by atoms with van der Waals surface area (Å²) in [7, 11) is 2.11. The van der Waals surface area contributed by atoms with Crippen molar-refractivity contribution in [2.45, 2.75) is 31.7 Å². The Labute approximate surface area is 152 Å². The van der Waals surface area contributed by atoms with E-state index in [0.29, 0.717) is 13.0 Å². The highest BCUT2D eigenvalue weighted by molar-refractivity contribution is 5.79. The van der Waals surface area contributed by atoms with Gasteiger partial charge in [-0.2, -0.15) is 0 Å². The van der Waals surface area contributed by atoms with E-state index in [9.17, 15) is 9.18 Å². The van der Waals surface area contributed by atoms with Crippen molar-refractivity contribution in [2.24, 2.45) is 0 Å². The number of hydrogen-bond acceptors (Lipinski definition) is 4. The van der Waals surface area contributed by atoms with Crippen LogP contribution in [-0.2, 0) is 24.2 Å². The van der Waals surface area contributed by atoms with E-state index in [1.807, 2.05) is 11.1 Å². The van der Waals surface area contributed by atoms with Crippen LogP contribution < -0.4 is 0 Å². The third-order valence-corrected chi connectivity index (χ3v) is 5.32. The number of fused-ring (bicyclic) bond motifs is 1. The smallest absolute Gasteiger partial charge is 0.227 e. The molecule has 0 saturated carbocycles. The topological polar surface area (TPSA) is 49.3 Å². The van der Waals surface area contributed by atoms with E-state index in [0.717, 1.165) is 49.6 Å². The van der Waals surface area contributed by atoms with Gasteiger partial charge in [-0.3, -0.25) is 4.79 Å². The van der Waals surface area contributed by atoms with Gasteiger partial charge >= 0.3 is 0 Å². The van der Waals surface area contributed by atoms with Crippen LogP contribution in [0.25, 0.3) is 0 Å². The Hall–Kier alpha value is -2.34. The number of carbonyl (C=O) groups is 1. The summed E-state index contributed by atoms with van der Waals surface area (Å²) in [6, 6.07) is 6.14. The van der Waals surface area contributed by atoms with Crippen LogP contribution in [0.5, 0.6) is 0 Å². The van der Waals surface area contributed by atoms with Crippen LogP contribution in [0.15, 0.2) is 30.5 Å². The molecular weight excluding hydrogens is 331 g/mol. The highest BCUT2D eigenvalue weighted by Gasteiger charge is 2.29. The normalized spacial score (nSPS) is 20.2. The van der Waals surface area contributed by atoms with Crippen LogP contribution in [-0.4, -0.2) is 52.4 Å². The first-order chi connectivity index (χ1) is 12.6. The molecule has 1 fully saturated rings. The van der Waals surface area contributed by atoms with Crippen molar-refractivity contribution in [2.75, 3.05) is 26.7 Å².